The van der Waals surface area contributed by atoms with Crippen LogP contribution < -0.4 is 15.5 Å². The molecule has 174 valence electrons. The summed E-state index contributed by atoms with van der Waals surface area (Å²) in [6.07, 6.45) is 1.14. The van der Waals surface area contributed by atoms with E-state index >= 15 is 0 Å². The number of hydrogen-bond acceptors (Lipinski definition) is 7. The van der Waals surface area contributed by atoms with E-state index in [4.69, 9.17) is 19.4 Å². The van der Waals surface area contributed by atoms with Gasteiger partial charge < -0.3 is 25.0 Å². The first-order valence-electron chi connectivity index (χ1n) is 11.5. The lowest BCUT2D eigenvalue weighted by molar-refractivity contribution is 0.0386. The van der Waals surface area contributed by atoms with Crippen LogP contribution in [0.1, 0.15) is 30.6 Å². The van der Waals surface area contributed by atoms with Gasteiger partial charge in [-0.05, 0) is 37.6 Å². The molecule has 0 radical (unpaired) electrons. The van der Waals surface area contributed by atoms with Crippen molar-refractivity contribution in [1.82, 2.24) is 20.2 Å². The molecule has 1 aromatic heterocycles. The molecular formula is C23H28N6O4. The molecule has 3 aliphatic rings. The van der Waals surface area contributed by atoms with Gasteiger partial charge in [-0.1, -0.05) is 0 Å². The molecule has 10 nitrogen and oxygen atoms in total. The highest BCUT2D eigenvalue weighted by Gasteiger charge is 2.38. The molecule has 0 spiro atoms. The minimum atomic E-state index is -0.272. The Balaban J connectivity index is 1.52. The third kappa shape index (κ3) is 4.30. The van der Waals surface area contributed by atoms with Gasteiger partial charge in [0.15, 0.2) is 5.82 Å². The number of ether oxygens (including phenoxy) is 2. The largest absolute Gasteiger partial charge is 0.449 e. The highest BCUT2D eigenvalue weighted by atomic mass is 16.6. The van der Waals surface area contributed by atoms with E-state index in [2.05, 4.69) is 15.5 Å². The van der Waals surface area contributed by atoms with Crippen LogP contribution in [-0.4, -0.2) is 73.0 Å². The molecule has 1 aromatic carbocycles. The highest BCUT2D eigenvalue weighted by molar-refractivity contribution is 5.89. The smallest absolute Gasteiger partial charge is 0.410 e. The first-order valence-corrected chi connectivity index (χ1v) is 11.5. The van der Waals surface area contributed by atoms with Crippen LogP contribution in [0.2, 0.25) is 0 Å². The second kappa shape index (κ2) is 9.22. The van der Waals surface area contributed by atoms with Crippen molar-refractivity contribution in [1.29, 1.82) is 0 Å². The molecular weight excluding hydrogens is 424 g/mol. The lowest BCUT2D eigenvalue weighted by Gasteiger charge is -2.40. The van der Waals surface area contributed by atoms with Crippen molar-refractivity contribution >= 4 is 23.6 Å². The maximum absolute atomic E-state index is 12.3. The topological polar surface area (TPSA) is 109 Å². The van der Waals surface area contributed by atoms with Crippen molar-refractivity contribution in [2.45, 2.75) is 25.8 Å². The number of nitrogens with zero attached hydrogens (tertiary/aromatic N) is 4. The van der Waals surface area contributed by atoms with Crippen LogP contribution >= 0.6 is 0 Å². The Kier molecular flexibility index (Phi) is 5.99. The van der Waals surface area contributed by atoms with Gasteiger partial charge in [-0.3, -0.25) is 4.90 Å². The average Bonchev–Trinajstić information content (AvgIpc) is 2.84. The first-order chi connectivity index (χ1) is 16.1. The van der Waals surface area contributed by atoms with E-state index in [1.165, 1.54) is 0 Å². The molecule has 3 amide bonds. The fourth-order valence-electron chi connectivity index (χ4n) is 4.60. The number of morpholine rings is 1. The van der Waals surface area contributed by atoms with Crippen molar-refractivity contribution in [2.75, 3.05) is 56.2 Å². The lowest BCUT2D eigenvalue weighted by atomic mass is 9.94. The summed E-state index contributed by atoms with van der Waals surface area (Å²) in [6.45, 7) is 6.30. The van der Waals surface area contributed by atoms with E-state index in [9.17, 15) is 9.59 Å². The van der Waals surface area contributed by atoms with Crippen molar-refractivity contribution in [3.8, 4) is 11.4 Å². The molecule has 0 unspecified atom stereocenters. The molecule has 3 aliphatic heterocycles. The summed E-state index contributed by atoms with van der Waals surface area (Å²) in [6, 6.07) is 7.15. The number of aromatic nitrogens is 2. The van der Waals surface area contributed by atoms with Gasteiger partial charge >= 0.3 is 12.1 Å². The SMILES string of the molecule is CCNC(=O)Nc1ccc(-c2nc3c(c(N4CCOCC4)n2)CCN2C(=O)OCC[C@@H]32)cc1. The number of amides is 3. The third-order valence-corrected chi connectivity index (χ3v) is 6.21. The van der Waals surface area contributed by atoms with Crippen LogP contribution in [0, 0.1) is 0 Å². The zero-order chi connectivity index (χ0) is 22.8. The minimum Gasteiger partial charge on any atom is -0.449 e. The molecule has 4 heterocycles. The molecule has 1 atom stereocenters. The predicted molar refractivity (Wildman–Crippen MR) is 122 cm³/mol. The number of cyclic esters (lactones) is 1. The van der Waals surface area contributed by atoms with E-state index in [0.29, 0.717) is 57.3 Å². The van der Waals surface area contributed by atoms with E-state index in [0.717, 1.165) is 35.7 Å². The summed E-state index contributed by atoms with van der Waals surface area (Å²) in [4.78, 5) is 38.1. The van der Waals surface area contributed by atoms with Crippen LogP contribution in [0.3, 0.4) is 0 Å². The molecule has 0 saturated carbocycles. The maximum Gasteiger partial charge on any atom is 0.410 e. The molecule has 0 bridgehead atoms. The summed E-state index contributed by atoms with van der Waals surface area (Å²) in [5.41, 5.74) is 3.57. The second-order valence-corrected chi connectivity index (χ2v) is 8.26. The van der Waals surface area contributed by atoms with Gasteiger partial charge in [0.2, 0.25) is 0 Å². The number of fused-ring (bicyclic) bond motifs is 3. The average molecular weight is 453 g/mol. The molecule has 5 rings (SSSR count). The van der Waals surface area contributed by atoms with Gasteiger partial charge in [0.25, 0.3) is 0 Å². The monoisotopic (exact) mass is 452 g/mol. The summed E-state index contributed by atoms with van der Waals surface area (Å²) < 4.78 is 10.8. The van der Waals surface area contributed by atoms with Gasteiger partial charge in [-0.15, -0.1) is 0 Å². The minimum absolute atomic E-state index is 0.102. The van der Waals surface area contributed by atoms with Crippen molar-refractivity contribution in [3.63, 3.8) is 0 Å². The number of benzene rings is 1. The second-order valence-electron chi connectivity index (χ2n) is 8.26. The van der Waals surface area contributed by atoms with Crippen molar-refractivity contribution in [2.24, 2.45) is 0 Å². The normalized spacial score (nSPS) is 19.9. The molecule has 33 heavy (non-hydrogen) atoms. The molecule has 2 saturated heterocycles. The fraction of sp³-hybridized carbons (Fsp3) is 0.478. The number of nitrogens with one attached hydrogen (secondary N) is 2. The Labute approximate surface area is 192 Å². The van der Waals surface area contributed by atoms with Crippen LogP contribution in [0.4, 0.5) is 21.1 Å². The van der Waals surface area contributed by atoms with Crippen molar-refractivity contribution in [3.05, 3.63) is 35.5 Å². The van der Waals surface area contributed by atoms with Gasteiger partial charge in [-0.25, -0.2) is 19.6 Å². The van der Waals surface area contributed by atoms with E-state index in [1.54, 1.807) is 4.90 Å². The van der Waals surface area contributed by atoms with E-state index in [-0.39, 0.29) is 18.2 Å². The Hall–Kier alpha value is -3.40. The number of rotatable bonds is 4. The molecule has 2 aromatic rings. The van der Waals surface area contributed by atoms with Crippen molar-refractivity contribution < 1.29 is 19.1 Å². The Morgan fingerprint density at radius 1 is 1.12 bits per heavy atom. The quantitative estimate of drug-likeness (QED) is 0.734. The summed E-state index contributed by atoms with van der Waals surface area (Å²) in [7, 11) is 0. The first kappa shape index (κ1) is 21.4. The van der Waals surface area contributed by atoms with Gasteiger partial charge in [0.05, 0.1) is 31.6 Å². The Morgan fingerprint density at radius 2 is 1.91 bits per heavy atom. The third-order valence-electron chi connectivity index (χ3n) is 6.21. The Morgan fingerprint density at radius 3 is 2.67 bits per heavy atom. The summed E-state index contributed by atoms with van der Waals surface area (Å²) in [5.74, 6) is 1.54. The summed E-state index contributed by atoms with van der Waals surface area (Å²) >= 11 is 0. The van der Waals surface area contributed by atoms with Crippen LogP contribution in [-0.2, 0) is 15.9 Å². The lowest BCUT2D eigenvalue weighted by Crippen LogP contribution is -2.46. The molecule has 10 heteroatoms. The van der Waals surface area contributed by atoms with E-state index in [1.807, 2.05) is 31.2 Å². The fourth-order valence-corrected chi connectivity index (χ4v) is 4.60. The molecule has 0 aliphatic carbocycles. The number of anilines is 2. The number of carbonyl (C=O) groups is 2. The molecule has 2 N–H and O–H groups in total. The zero-order valence-corrected chi connectivity index (χ0v) is 18.7. The number of carbonyl (C=O) groups excluding carboxylic acids is 2. The number of urea groups is 1. The standard InChI is InChI=1S/C23H28N6O4/c1-2-24-22(30)25-16-5-3-15(4-6-16)20-26-19-17(21(27-20)28-10-13-32-14-11-28)7-9-29-18(19)8-12-33-23(29)31/h3-6,18H,2,7-14H2,1H3,(H2,24,25,30)/t18-/m0/s1. The van der Waals surface area contributed by atoms with E-state index < -0.39 is 0 Å². The van der Waals surface area contributed by atoms with Crippen LogP contribution in [0.25, 0.3) is 11.4 Å². The zero-order valence-electron chi connectivity index (χ0n) is 18.7. The van der Waals surface area contributed by atoms with Gasteiger partial charge in [0, 0.05) is 49.4 Å². The molecule has 2 fully saturated rings. The Bertz CT molecular complexity index is 1040. The van der Waals surface area contributed by atoms with Gasteiger partial charge in [-0.2, -0.15) is 0 Å². The van der Waals surface area contributed by atoms with Crippen LogP contribution in [0.5, 0.6) is 0 Å². The predicted octanol–water partition coefficient (Wildman–Crippen LogP) is 2.56. The highest BCUT2D eigenvalue weighted by Crippen LogP contribution is 2.39. The van der Waals surface area contributed by atoms with Crippen LogP contribution in [0.15, 0.2) is 24.3 Å². The summed E-state index contributed by atoms with van der Waals surface area (Å²) in [5, 5.41) is 5.52. The van der Waals surface area contributed by atoms with Gasteiger partial charge in [0.1, 0.15) is 5.82 Å². The maximum atomic E-state index is 12.3. The number of hydrogen-bond donors (Lipinski definition) is 2.